The number of ether oxygens (including phenoxy) is 2. The summed E-state index contributed by atoms with van der Waals surface area (Å²) in [6, 6.07) is 1.38. The predicted molar refractivity (Wildman–Crippen MR) is 113 cm³/mol. The van der Waals surface area contributed by atoms with E-state index < -0.39 is 5.97 Å². The van der Waals surface area contributed by atoms with E-state index in [2.05, 4.69) is 18.7 Å². The van der Waals surface area contributed by atoms with Crippen molar-refractivity contribution < 1.29 is 19.1 Å². The number of methoxy groups -OCH3 is 1. The molecule has 0 saturated carbocycles. The zero-order chi connectivity index (χ0) is 21.7. The highest BCUT2D eigenvalue weighted by atomic mass is 16.5. The van der Waals surface area contributed by atoms with Gasteiger partial charge in [-0.1, -0.05) is 20.3 Å². The van der Waals surface area contributed by atoms with Gasteiger partial charge in [-0.05, 0) is 12.3 Å². The average molecular weight is 420 g/mol. The number of fused-ring (bicyclic) bond motifs is 1. The molecule has 0 radical (unpaired) electrons. The first-order valence-electron chi connectivity index (χ1n) is 10.9. The SMILES string of the molecule is CCC(C)CN1CCc2c(C(=O)OC)c(OCCN3CCCC3=O)cc(=O)n2CC1. The molecule has 3 heterocycles. The number of rotatable bonds is 8. The van der Waals surface area contributed by atoms with Crippen LogP contribution in [0.5, 0.6) is 5.75 Å². The van der Waals surface area contributed by atoms with Crippen molar-refractivity contribution in [1.29, 1.82) is 0 Å². The smallest absolute Gasteiger partial charge is 0.343 e. The first kappa shape index (κ1) is 22.3. The molecule has 1 amide bonds. The fourth-order valence-corrected chi connectivity index (χ4v) is 4.19. The largest absolute Gasteiger partial charge is 0.491 e. The minimum absolute atomic E-state index is 0.121. The molecule has 2 aliphatic rings. The summed E-state index contributed by atoms with van der Waals surface area (Å²) in [5.74, 6) is 0.451. The maximum absolute atomic E-state index is 12.8. The highest BCUT2D eigenvalue weighted by Gasteiger charge is 2.27. The lowest BCUT2D eigenvalue weighted by Gasteiger charge is -2.22. The number of aromatic nitrogens is 1. The third-order valence-electron chi connectivity index (χ3n) is 6.13. The summed E-state index contributed by atoms with van der Waals surface area (Å²) >= 11 is 0. The van der Waals surface area contributed by atoms with Gasteiger partial charge in [-0.3, -0.25) is 9.59 Å². The fraction of sp³-hybridized carbons (Fsp3) is 0.682. The lowest BCUT2D eigenvalue weighted by Crippen LogP contribution is -2.32. The second kappa shape index (κ2) is 10.1. The summed E-state index contributed by atoms with van der Waals surface area (Å²) in [7, 11) is 1.34. The van der Waals surface area contributed by atoms with E-state index in [1.165, 1.54) is 13.2 Å². The summed E-state index contributed by atoms with van der Waals surface area (Å²) in [5.41, 5.74) is 0.832. The van der Waals surface area contributed by atoms with Gasteiger partial charge in [0.15, 0.2) is 0 Å². The molecule has 0 aliphatic carbocycles. The molecule has 1 aromatic rings. The van der Waals surface area contributed by atoms with Crippen LogP contribution in [0.15, 0.2) is 10.9 Å². The molecule has 2 aliphatic heterocycles. The monoisotopic (exact) mass is 419 g/mol. The Kier molecular flexibility index (Phi) is 7.53. The molecule has 0 spiro atoms. The number of carbonyl (C=O) groups is 2. The Morgan fingerprint density at radius 2 is 1.97 bits per heavy atom. The van der Waals surface area contributed by atoms with Crippen molar-refractivity contribution in [1.82, 2.24) is 14.4 Å². The van der Waals surface area contributed by atoms with Crippen LogP contribution in [0.3, 0.4) is 0 Å². The molecule has 1 unspecified atom stereocenters. The van der Waals surface area contributed by atoms with Crippen LogP contribution in [0, 0.1) is 5.92 Å². The Morgan fingerprint density at radius 3 is 2.63 bits per heavy atom. The Balaban J connectivity index is 1.81. The molecular weight excluding hydrogens is 386 g/mol. The summed E-state index contributed by atoms with van der Waals surface area (Å²) < 4.78 is 12.5. The number of amides is 1. The first-order chi connectivity index (χ1) is 14.4. The van der Waals surface area contributed by atoms with Gasteiger partial charge in [0, 0.05) is 57.3 Å². The van der Waals surface area contributed by atoms with Crippen molar-refractivity contribution in [3.8, 4) is 5.75 Å². The summed E-state index contributed by atoms with van der Waals surface area (Å²) in [6.07, 6.45) is 3.12. The molecule has 0 N–H and O–H groups in total. The summed E-state index contributed by atoms with van der Waals surface area (Å²) in [5, 5.41) is 0. The third kappa shape index (κ3) is 5.03. The van der Waals surface area contributed by atoms with E-state index in [9.17, 15) is 14.4 Å². The van der Waals surface area contributed by atoms with Gasteiger partial charge in [0.1, 0.15) is 17.9 Å². The molecule has 8 nitrogen and oxygen atoms in total. The quantitative estimate of drug-likeness (QED) is 0.595. The van der Waals surface area contributed by atoms with Crippen molar-refractivity contribution in [2.45, 2.75) is 46.1 Å². The average Bonchev–Trinajstić information content (AvgIpc) is 3.02. The van der Waals surface area contributed by atoms with Crippen LogP contribution in [0.2, 0.25) is 0 Å². The van der Waals surface area contributed by atoms with E-state index in [0.29, 0.717) is 43.1 Å². The molecule has 1 saturated heterocycles. The van der Waals surface area contributed by atoms with E-state index in [-0.39, 0.29) is 23.8 Å². The Bertz CT molecular complexity index is 835. The number of likely N-dealkylation sites (tertiary alicyclic amines) is 1. The van der Waals surface area contributed by atoms with E-state index in [0.717, 1.165) is 39.0 Å². The van der Waals surface area contributed by atoms with Gasteiger partial charge in [-0.25, -0.2) is 4.79 Å². The van der Waals surface area contributed by atoms with Crippen LogP contribution < -0.4 is 10.3 Å². The normalized spacial score (nSPS) is 18.1. The zero-order valence-corrected chi connectivity index (χ0v) is 18.3. The minimum atomic E-state index is -0.499. The molecule has 1 fully saturated rings. The van der Waals surface area contributed by atoms with Crippen LogP contribution in [-0.2, 0) is 22.5 Å². The van der Waals surface area contributed by atoms with Crippen molar-refractivity contribution >= 4 is 11.9 Å². The van der Waals surface area contributed by atoms with Crippen molar-refractivity contribution in [2.75, 3.05) is 46.4 Å². The van der Waals surface area contributed by atoms with Crippen LogP contribution in [0.1, 0.15) is 49.2 Å². The number of hydrogen-bond acceptors (Lipinski definition) is 6. The molecule has 166 valence electrons. The lowest BCUT2D eigenvalue weighted by molar-refractivity contribution is -0.128. The number of pyridine rings is 1. The third-order valence-corrected chi connectivity index (χ3v) is 6.13. The first-order valence-corrected chi connectivity index (χ1v) is 10.9. The highest BCUT2D eigenvalue weighted by molar-refractivity contribution is 5.93. The van der Waals surface area contributed by atoms with Crippen molar-refractivity contribution in [3.63, 3.8) is 0 Å². The molecule has 3 rings (SSSR count). The maximum atomic E-state index is 12.8. The van der Waals surface area contributed by atoms with E-state index in [4.69, 9.17) is 9.47 Å². The summed E-state index contributed by atoms with van der Waals surface area (Å²) in [6.45, 7) is 8.87. The lowest BCUT2D eigenvalue weighted by atomic mass is 10.1. The minimum Gasteiger partial charge on any atom is -0.491 e. The van der Waals surface area contributed by atoms with Gasteiger partial charge in [-0.15, -0.1) is 0 Å². The van der Waals surface area contributed by atoms with Gasteiger partial charge in [0.05, 0.1) is 13.7 Å². The van der Waals surface area contributed by atoms with E-state index >= 15 is 0 Å². The van der Waals surface area contributed by atoms with E-state index in [1.54, 1.807) is 9.47 Å². The maximum Gasteiger partial charge on any atom is 0.343 e. The second-order valence-corrected chi connectivity index (χ2v) is 8.21. The zero-order valence-electron chi connectivity index (χ0n) is 18.3. The summed E-state index contributed by atoms with van der Waals surface area (Å²) in [4.78, 5) is 41.3. The van der Waals surface area contributed by atoms with Crippen molar-refractivity contribution in [2.24, 2.45) is 5.92 Å². The van der Waals surface area contributed by atoms with Gasteiger partial charge in [-0.2, -0.15) is 0 Å². The number of carbonyl (C=O) groups excluding carboxylic acids is 2. The molecule has 30 heavy (non-hydrogen) atoms. The number of nitrogens with zero attached hydrogens (tertiary/aromatic N) is 3. The van der Waals surface area contributed by atoms with Gasteiger partial charge in [0.25, 0.3) is 5.56 Å². The molecule has 8 heteroatoms. The Hall–Kier alpha value is -2.35. The Morgan fingerprint density at radius 1 is 1.17 bits per heavy atom. The van der Waals surface area contributed by atoms with Crippen LogP contribution in [-0.4, -0.2) is 72.7 Å². The molecular formula is C22H33N3O5. The van der Waals surface area contributed by atoms with Gasteiger partial charge in [0.2, 0.25) is 5.91 Å². The van der Waals surface area contributed by atoms with Crippen LogP contribution in [0.25, 0.3) is 0 Å². The Labute approximate surface area is 177 Å². The molecule has 0 aromatic carbocycles. The van der Waals surface area contributed by atoms with E-state index in [1.807, 2.05) is 0 Å². The molecule has 1 aromatic heterocycles. The second-order valence-electron chi connectivity index (χ2n) is 8.21. The predicted octanol–water partition coefficient (Wildman–Crippen LogP) is 1.54. The van der Waals surface area contributed by atoms with Crippen LogP contribution in [0.4, 0.5) is 0 Å². The standard InChI is InChI=1S/C22H33N3O5/c1-4-16(2)15-23-9-7-17-21(22(28)29-3)18(14-20(27)25(17)11-10-23)30-13-12-24-8-5-6-19(24)26/h14,16H,4-13,15H2,1-3H3. The molecule has 0 bridgehead atoms. The van der Waals surface area contributed by atoms with Gasteiger partial charge >= 0.3 is 5.97 Å². The van der Waals surface area contributed by atoms with Gasteiger partial charge < -0.3 is 23.8 Å². The van der Waals surface area contributed by atoms with Crippen LogP contribution >= 0.6 is 0 Å². The highest BCUT2D eigenvalue weighted by Crippen LogP contribution is 2.24. The number of hydrogen-bond donors (Lipinski definition) is 0. The molecule has 1 atom stereocenters. The van der Waals surface area contributed by atoms with Crippen molar-refractivity contribution in [3.05, 3.63) is 27.7 Å². The fourth-order valence-electron chi connectivity index (χ4n) is 4.19. The topological polar surface area (TPSA) is 81.1 Å². The number of esters is 1.